The molecule has 6 nitrogen and oxygen atoms in total. The van der Waals surface area contributed by atoms with Crippen molar-refractivity contribution in [3.8, 4) is 0 Å². The summed E-state index contributed by atoms with van der Waals surface area (Å²) in [5, 5.41) is 12.1. The van der Waals surface area contributed by atoms with Crippen molar-refractivity contribution in [2.24, 2.45) is 16.7 Å². The van der Waals surface area contributed by atoms with E-state index in [2.05, 4.69) is 0 Å². The van der Waals surface area contributed by atoms with Crippen LogP contribution in [0.1, 0.15) is 58.1 Å². The van der Waals surface area contributed by atoms with Crippen molar-refractivity contribution < 1.29 is 28.6 Å². The van der Waals surface area contributed by atoms with Gasteiger partial charge in [0.1, 0.15) is 22.9 Å². The number of rotatable bonds is 1. The van der Waals surface area contributed by atoms with Gasteiger partial charge in [-0.1, -0.05) is 6.92 Å². The minimum absolute atomic E-state index is 0.0117. The smallest absolute Gasteiger partial charge is 0.316 e. The number of esters is 1. The molecule has 1 spiro atoms. The Kier molecular flexibility index (Phi) is 2.92. The Morgan fingerprint density at radius 1 is 1.27 bits per heavy atom. The molecule has 1 aromatic heterocycles. The fraction of sp³-hybridized carbons (Fsp3) is 0.700. The van der Waals surface area contributed by atoms with Gasteiger partial charge in [-0.15, -0.1) is 0 Å². The van der Waals surface area contributed by atoms with E-state index < -0.39 is 34.1 Å². The van der Waals surface area contributed by atoms with Crippen LogP contribution >= 0.6 is 0 Å². The van der Waals surface area contributed by atoms with Gasteiger partial charge < -0.3 is 19.0 Å². The number of hydrogen-bond acceptors (Lipinski definition) is 6. The number of aliphatic hydroxyl groups is 1. The highest BCUT2D eigenvalue weighted by Gasteiger charge is 2.84. The molecule has 1 aromatic rings. The standard InChI is InChI=1S/C20H24O6/c1-11-8-14(21)17(2)18(3)15(26-18)4-6-20(17,23)19(11)9-13(25-16(19)22)12-5-7-24-10-12/h5,7,10-11,13,15,23H,4,6,8-9H2,1-3H3/t11-,13-,15-,17-,18-,19+,20-/m1/s1. The number of carbonyl (C=O) groups is 2. The first-order valence-corrected chi connectivity index (χ1v) is 9.37. The van der Waals surface area contributed by atoms with Crippen molar-refractivity contribution in [2.75, 3.05) is 0 Å². The maximum absolute atomic E-state index is 13.2. The van der Waals surface area contributed by atoms with Crippen LogP contribution < -0.4 is 0 Å². The van der Waals surface area contributed by atoms with Crippen LogP contribution in [0.4, 0.5) is 0 Å². The Labute approximate surface area is 151 Å². The summed E-state index contributed by atoms with van der Waals surface area (Å²) in [6.45, 7) is 5.58. The van der Waals surface area contributed by atoms with E-state index >= 15 is 0 Å². The van der Waals surface area contributed by atoms with Crippen LogP contribution in [-0.4, -0.2) is 34.2 Å². The Morgan fingerprint density at radius 2 is 2.04 bits per heavy atom. The Balaban J connectivity index is 1.66. The summed E-state index contributed by atoms with van der Waals surface area (Å²) >= 11 is 0. The molecule has 26 heavy (non-hydrogen) atoms. The number of epoxide rings is 1. The Bertz CT molecular complexity index is 801. The largest absolute Gasteiger partial charge is 0.472 e. The van der Waals surface area contributed by atoms with E-state index in [1.165, 1.54) is 0 Å². The Morgan fingerprint density at radius 3 is 2.73 bits per heavy atom. The molecule has 2 aliphatic carbocycles. The topological polar surface area (TPSA) is 89.3 Å². The van der Waals surface area contributed by atoms with E-state index in [4.69, 9.17) is 13.9 Å². The minimum Gasteiger partial charge on any atom is -0.472 e. The molecule has 7 atom stereocenters. The number of hydrogen-bond donors (Lipinski definition) is 1. The van der Waals surface area contributed by atoms with Gasteiger partial charge in [-0.05, 0) is 38.7 Å². The lowest BCUT2D eigenvalue weighted by molar-refractivity contribution is -0.230. The Hall–Kier alpha value is -1.66. The molecular formula is C20H24O6. The maximum atomic E-state index is 13.2. The number of ketones is 1. The van der Waals surface area contributed by atoms with E-state index in [1.54, 1.807) is 25.5 Å². The first kappa shape index (κ1) is 16.5. The molecule has 2 aliphatic heterocycles. The van der Waals surface area contributed by atoms with Gasteiger partial charge in [0.2, 0.25) is 0 Å². The third kappa shape index (κ3) is 1.50. The zero-order valence-corrected chi connectivity index (χ0v) is 15.3. The third-order valence-corrected chi connectivity index (χ3v) is 8.20. The molecule has 0 bridgehead atoms. The number of furan rings is 1. The SMILES string of the molecule is C[C@@H]1CC(=O)[C@@]2(C)[C@](O)(CC[C@H]3O[C@]32C)[C@@]12C[C@H](c1ccoc1)OC2=O. The van der Waals surface area contributed by atoms with E-state index in [9.17, 15) is 14.7 Å². The van der Waals surface area contributed by atoms with Gasteiger partial charge in [0.25, 0.3) is 0 Å². The van der Waals surface area contributed by atoms with Crippen LogP contribution in [0.25, 0.3) is 0 Å². The van der Waals surface area contributed by atoms with Gasteiger partial charge in [-0.25, -0.2) is 0 Å². The minimum atomic E-state index is -1.48. The van der Waals surface area contributed by atoms with Crippen LogP contribution in [-0.2, 0) is 19.1 Å². The molecule has 6 heteroatoms. The number of Topliss-reactive ketones (excluding diaryl/α,β-unsaturated/α-hetero) is 1. The lowest BCUT2D eigenvalue weighted by Gasteiger charge is -2.61. The van der Waals surface area contributed by atoms with Crippen LogP contribution in [0.5, 0.6) is 0 Å². The highest BCUT2D eigenvalue weighted by Crippen LogP contribution is 2.72. The average molecular weight is 360 g/mol. The van der Waals surface area contributed by atoms with Crippen molar-refractivity contribution in [3.05, 3.63) is 24.2 Å². The number of cyclic esters (lactones) is 1. The molecule has 140 valence electrons. The van der Waals surface area contributed by atoms with Crippen LogP contribution in [0.3, 0.4) is 0 Å². The molecule has 0 radical (unpaired) electrons. The molecule has 1 N–H and O–H groups in total. The summed E-state index contributed by atoms with van der Waals surface area (Å²) in [5.74, 6) is -0.709. The summed E-state index contributed by atoms with van der Waals surface area (Å²) in [5.41, 5.74) is -3.63. The zero-order valence-electron chi connectivity index (χ0n) is 15.3. The van der Waals surface area contributed by atoms with Crippen LogP contribution in [0.2, 0.25) is 0 Å². The van der Waals surface area contributed by atoms with Gasteiger partial charge in [-0.2, -0.15) is 0 Å². The zero-order chi connectivity index (χ0) is 18.5. The second kappa shape index (κ2) is 4.60. The predicted molar refractivity (Wildman–Crippen MR) is 88.9 cm³/mol. The van der Waals surface area contributed by atoms with Gasteiger partial charge in [0.15, 0.2) is 0 Å². The molecule has 5 rings (SSSR count). The van der Waals surface area contributed by atoms with Gasteiger partial charge in [-0.3, -0.25) is 9.59 Å². The molecule has 0 amide bonds. The van der Waals surface area contributed by atoms with Crippen LogP contribution in [0.15, 0.2) is 23.0 Å². The molecule has 3 heterocycles. The molecule has 0 aromatic carbocycles. The number of fused-ring (bicyclic) bond motifs is 4. The fourth-order valence-corrected chi connectivity index (χ4v) is 6.31. The van der Waals surface area contributed by atoms with Crippen molar-refractivity contribution in [1.29, 1.82) is 0 Å². The van der Waals surface area contributed by atoms with E-state index in [0.717, 1.165) is 5.56 Å². The number of ether oxygens (including phenoxy) is 2. The van der Waals surface area contributed by atoms with Crippen molar-refractivity contribution >= 4 is 11.8 Å². The highest BCUT2D eigenvalue weighted by atomic mass is 16.6. The first-order valence-electron chi connectivity index (χ1n) is 9.37. The number of carbonyl (C=O) groups excluding carboxylic acids is 2. The normalized spacial score (nSPS) is 52.5. The van der Waals surface area contributed by atoms with Gasteiger partial charge in [0, 0.05) is 18.4 Å². The second-order valence-electron chi connectivity index (χ2n) is 8.89. The molecule has 4 aliphatic rings. The van der Waals surface area contributed by atoms with E-state index in [1.807, 2.05) is 13.8 Å². The van der Waals surface area contributed by atoms with Crippen molar-refractivity contribution in [2.45, 2.75) is 69.9 Å². The first-order chi connectivity index (χ1) is 12.2. The fourth-order valence-electron chi connectivity index (χ4n) is 6.31. The van der Waals surface area contributed by atoms with Crippen molar-refractivity contribution in [3.63, 3.8) is 0 Å². The highest BCUT2D eigenvalue weighted by molar-refractivity contribution is 5.94. The van der Waals surface area contributed by atoms with Crippen LogP contribution in [0, 0.1) is 16.7 Å². The van der Waals surface area contributed by atoms with E-state index in [-0.39, 0.29) is 24.2 Å². The molecule has 2 saturated carbocycles. The van der Waals surface area contributed by atoms with E-state index in [0.29, 0.717) is 19.3 Å². The monoisotopic (exact) mass is 360 g/mol. The summed E-state index contributed by atoms with van der Waals surface area (Å²) in [6, 6.07) is 1.78. The summed E-state index contributed by atoms with van der Waals surface area (Å²) in [6.07, 6.45) is 4.25. The second-order valence-corrected chi connectivity index (χ2v) is 8.89. The molecular weight excluding hydrogens is 336 g/mol. The van der Waals surface area contributed by atoms with Gasteiger partial charge in [0.05, 0.1) is 29.6 Å². The van der Waals surface area contributed by atoms with Gasteiger partial charge >= 0.3 is 5.97 Å². The lowest BCUT2D eigenvalue weighted by Crippen LogP contribution is -2.74. The lowest BCUT2D eigenvalue weighted by atomic mass is 9.41. The van der Waals surface area contributed by atoms with Crippen molar-refractivity contribution in [1.82, 2.24) is 0 Å². The maximum Gasteiger partial charge on any atom is 0.316 e. The molecule has 0 unspecified atom stereocenters. The third-order valence-electron chi connectivity index (χ3n) is 8.20. The average Bonchev–Trinajstić information content (AvgIpc) is 2.97. The summed E-state index contributed by atoms with van der Waals surface area (Å²) in [7, 11) is 0. The summed E-state index contributed by atoms with van der Waals surface area (Å²) in [4.78, 5) is 26.4. The summed E-state index contributed by atoms with van der Waals surface area (Å²) < 4.78 is 16.8. The molecule has 2 saturated heterocycles. The molecule has 4 fully saturated rings. The predicted octanol–water partition coefficient (Wildman–Crippen LogP) is 2.55. The quantitative estimate of drug-likeness (QED) is 0.611.